The molecule has 0 fully saturated rings. The number of aromatic nitrogens is 1. The monoisotopic (exact) mass is 661 g/mol. The van der Waals surface area contributed by atoms with E-state index in [0.29, 0.717) is 17.7 Å². The summed E-state index contributed by atoms with van der Waals surface area (Å²) in [6.07, 6.45) is -9.65. The second kappa shape index (κ2) is 11.4. The normalized spacial score (nSPS) is 13.7. The molecule has 2 aromatic carbocycles. The molecule has 0 aliphatic heterocycles. The summed E-state index contributed by atoms with van der Waals surface area (Å²) in [6.45, 7) is 12.9. The van der Waals surface area contributed by atoms with Gasteiger partial charge in [-0.25, -0.2) is 8.42 Å². The molecule has 3 aromatic rings. The molecule has 0 aliphatic rings. The van der Waals surface area contributed by atoms with Crippen LogP contribution in [0.25, 0.3) is 22.2 Å². The van der Waals surface area contributed by atoms with Crippen LogP contribution >= 0.6 is 0 Å². The number of hydrogen-bond acceptors (Lipinski definition) is 4. The summed E-state index contributed by atoms with van der Waals surface area (Å²) in [7, 11) is -4.38. The third-order valence-electron chi connectivity index (χ3n) is 6.84. The summed E-state index contributed by atoms with van der Waals surface area (Å²) in [5, 5.41) is 5.46. The van der Waals surface area contributed by atoms with Gasteiger partial charge < -0.3 is 15.2 Å². The van der Waals surface area contributed by atoms with Gasteiger partial charge in [-0.3, -0.25) is 9.59 Å². The number of fused-ring (bicyclic) bond motifs is 1. The Bertz CT molecular complexity index is 1720. The zero-order valence-corrected chi connectivity index (χ0v) is 27.2. The third kappa shape index (κ3) is 8.19. The number of hydrogen-bond donors (Lipinski definition) is 2. The molecular formula is C31H37F6N3O4S. The number of amides is 2. The van der Waals surface area contributed by atoms with Crippen LogP contribution in [-0.2, 0) is 43.7 Å². The van der Waals surface area contributed by atoms with Gasteiger partial charge in [-0.15, -0.1) is 0 Å². The average molecular weight is 662 g/mol. The number of benzene rings is 2. The molecule has 248 valence electrons. The minimum Gasteiger partial charge on any atom is -0.351 e. The van der Waals surface area contributed by atoms with Crippen LogP contribution in [0, 0.1) is 0 Å². The molecule has 1 heterocycles. The van der Waals surface area contributed by atoms with Gasteiger partial charge in [-0.05, 0) is 91.3 Å². The molecule has 3 rings (SSSR count). The fourth-order valence-corrected chi connectivity index (χ4v) is 6.00. The van der Waals surface area contributed by atoms with E-state index in [4.69, 9.17) is 0 Å². The van der Waals surface area contributed by atoms with Gasteiger partial charge in [-0.2, -0.15) is 26.3 Å². The number of rotatable bonds is 6. The number of nitrogens with one attached hydrogen (secondary N) is 2. The van der Waals surface area contributed by atoms with Crippen molar-refractivity contribution in [1.82, 2.24) is 15.2 Å². The van der Waals surface area contributed by atoms with Crippen LogP contribution in [-0.4, -0.2) is 42.1 Å². The maximum Gasteiger partial charge on any atom is 0.416 e. The highest BCUT2D eigenvalue weighted by molar-refractivity contribution is 7.91. The summed E-state index contributed by atoms with van der Waals surface area (Å²) in [4.78, 5) is 25.8. The van der Waals surface area contributed by atoms with Crippen molar-refractivity contribution in [2.45, 2.75) is 95.7 Å². The third-order valence-corrected chi connectivity index (χ3v) is 8.00. The standard InChI is InChI=1S/C31H37F6N3O4S/c1-27(2,3)38-23(41)16-40-22-11-10-18(29(7,8)26(42)39-28(4,5)6)15-21(22)25(45(9,43)44)24(40)17-12-19(30(32,33)34)14-20(13-17)31(35,36)37/h10-15H,16H2,1-9H3,(H,38,41)(H,39,42). The van der Waals surface area contributed by atoms with E-state index in [0.717, 1.165) is 10.8 Å². The molecule has 0 aliphatic carbocycles. The molecule has 1 aromatic heterocycles. The van der Waals surface area contributed by atoms with Crippen molar-refractivity contribution in [1.29, 1.82) is 0 Å². The van der Waals surface area contributed by atoms with Gasteiger partial charge in [0, 0.05) is 28.3 Å². The first kappa shape index (κ1) is 35.9. The summed E-state index contributed by atoms with van der Waals surface area (Å²) < 4.78 is 111. The van der Waals surface area contributed by atoms with Crippen LogP contribution in [0.1, 0.15) is 72.1 Å². The first-order valence-corrected chi connectivity index (χ1v) is 15.7. The Hall–Kier alpha value is -3.55. The van der Waals surface area contributed by atoms with Gasteiger partial charge >= 0.3 is 12.4 Å². The molecule has 0 saturated heterocycles. The molecule has 0 radical (unpaired) electrons. The van der Waals surface area contributed by atoms with Gasteiger partial charge in [-0.1, -0.05) is 6.07 Å². The van der Waals surface area contributed by atoms with Crippen LogP contribution in [0.2, 0.25) is 0 Å². The Balaban J connectivity index is 2.52. The molecular weight excluding hydrogens is 624 g/mol. The average Bonchev–Trinajstić information content (AvgIpc) is 3.14. The molecule has 7 nitrogen and oxygen atoms in total. The highest BCUT2D eigenvalue weighted by Crippen LogP contribution is 2.43. The quantitative estimate of drug-likeness (QED) is 0.282. The van der Waals surface area contributed by atoms with Gasteiger partial charge in [0.2, 0.25) is 11.8 Å². The lowest BCUT2D eigenvalue weighted by atomic mass is 9.82. The van der Waals surface area contributed by atoms with Crippen LogP contribution in [0.4, 0.5) is 26.3 Å². The van der Waals surface area contributed by atoms with Crippen molar-refractivity contribution in [3.8, 4) is 11.3 Å². The van der Waals surface area contributed by atoms with E-state index < -0.39 is 84.3 Å². The van der Waals surface area contributed by atoms with E-state index >= 15 is 0 Å². The number of carbonyl (C=O) groups is 2. The Morgan fingerprint density at radius 1 is 0.733 bits per heavy atom. The summed E-state index contributed by atoms with van der Waals surface area (Å²) >= 11 is 0. The van der Waals surface area contributed by atoms with Gasteiger partial charge in [0.05, 0.1) is 27.8 Å². The molecule has 0 bridgehead atoms. The number of alkyl halides is 6. The summed E-state index contributed by atoms with van der Waals surface area (Å²) in [5.74, 6) is -1.08. The SMILES string of the molecule is CC(C)(C)NC(=O)Cn1c(-c2cc(C(F)(F)F)cc(C(F)(F)F)c2)c(S(C)(=O)=O)c2cc(C(C)(C)C(=O)NC(C)(C)C)ccc21. The van der Waals surface area contributed by atoms with E-state index in [-0.39, 0.29) is 17.0 Å². The molecule has 45 heavy (non-hydrogen) atoms. The first-order chi connectivity index (χ1) is 20.0. The fraction of sp³-hybridized carbons (Fsp3) is 0.484. The Morgan fingerprint density at radius 2 is 1.22 bits per heavy atom. The predicted octanol–water partition coefficient (Wildman–Crippen LogP) is 6.86. The van der Waals surface area contributed by atoms with E-state index in [1.807, 2.05) is 0 Å². The van der Waals surface area contributed by atoms with Crippen molar-refractivity contribution in [3.63, 3.8) is 0 Å². The maximum absolute atomic E-state index is 13.9. The van der Waals surface area contributed by atoms with Crippen molar-refractivity contribution in [2.24, 2.45) is 0 Å². The van der Waals surface area contributed by atoms with Crippen molar-refractivity contribution in [3.05, 3.63) is 53.1 Å². The van der Waals surface area contributed by atoms with E-state index in [2.05, 4.69) is 10.6 Å². The predicted molar refractivity (Wildman–Crippen MR) is 159 cm³/mol. The molecule has 2 N–H and O–H groups in total. The van der Waals surface area contributed by atoms with Crippen molar-refractivity contribution >= 4 is 32.6 Å². The van der Waals surface area contributed by atoms with E-state index in [1.54, 1.807) is 55.4 Å². The highest BCUT2D eigenvalue weighted by Gasteiger charge is 2.39. The molecule has 2 amide bonds. The molecule has 0 saturated carbocycles. The second-order valence-corrected chi connectivity index (χ2v) is 15.6. The minimum absolute atomic E-state index is 0.0521. The van der Waals surface area contributed by atoms with Gasteiger partial charge in [0.15, 0.2) is 9.84 Å². The number of sulfone groups is 1. The summed E-state index contributed by atoms with van der Waals surface area (Å²) in [6, 6.07) is 5.07. The fourth-order valence-electron chi connectivity index (χ4n) is 4.86. The van der Waals surface area contributed by atoms with E-state index in [9.17, 15) is 44.3 Å². The lowest BCUT2D eigenvalue weighted by Crippen LogP contribution is -2.48. The molecule has 14 heteroatoms. The lowest BCUT2D eigenvalue weighted by Gasteiger charge is -2.30. The Morgan fingerprint density at radius 3 is 1.64 bits per heavy atom. The Kier molecular flexibility index (Phi) is 9.07. The van der Waals surface area contributed by atoms with Gasteiger partial charge in [0.25, 0.3) is 0 Å². The second-order valence-electron chi connectivity index (χ2n) is 13.7. The highest BCUT2D eigenvalue weighted by atomic mass is 32.2. The number of nitrogens with zero attached hydrogens (tertiary/aromatic N) is 1. The van der Waals surface area contributed by atoms with Gasteiger partial charge in [0.1, 0.15) is 11.4 Å². The number of carbonyl (C=O) groups excluding carboxylic acids is 2. The topological polar surface area (TPSA) is 97.3 Å². The van der Waals surface area contributed by atoms with Crippen LogP contribution in [0.5, 0.6) is 0 Å². The van der Waals surface area contributed by atoms with Crippen molar-refractivity contribution < 1.29 is 44.3 Å². The zero-order valence-electron chi connectivity index (χ0n) is 26.4. The van der Waals surface area contributed by atoms with Crippen LogP contribution in [0.3, 0.4) is 0 Å². The van der Waals surface area contributed by atoms with Crippen molar-refractivity contribution in [2.75, 3.05) is 6.26 Å². The van der Waals surface area contributed by atoms with Crippen LogP contribution < -0.4 is 10.6 Å². The van der Waals surface area contributed by atoms with E-state index in [1.165, 1.54) is 18.2 Å². The largest absolute Gasteiger partial charge is 0.416 e. The smallest absolute Gasteiger partial charge is 0.351 e. The summed E-state index contributed by atoms with van der Waals surface area (Å²) in [5.41, 5.74) is -6.79. The maximum atomic E-state index is 13.9. The molecule has 0 unspecified atom stereocenters. The zero-order chi connectivity index (χ0) is 34.7. The molecule has 0 atom stereocenters. The van der Waals surface area contributed by atoms with Crippen LogP contribution in [0.15, 0.2) is 41.3 Å². The lowest BCUT2D eigenvalue weighted by molar-refractivity contribution is -0.143. The number of halogens is 6. The minimum atomic E-state index is -5.21. The Labute approximate surface area is 258 Å². The first-order valence-electron chi connectivity index (χ1n) is 13.8. The molecule has 0 spiro atoms.